The van der Waals surface area contributed by atoms with Crippen LogP contribution in [0.1, 0.15) is 5.56 Å². The van der Waals surface area contributed by atoms with E-state index >= 15 is 0 Å². The molecule has 1 aromatic carbocycles. The maximum Gasteiger partial charge on any atom is 0.137 e. The van der Waals surface area contributed by atoms with Crippen molar-refractivity contribution in [3.63, 3.8) is 0 Å². The zero-order valence-corrected chi connectivity index (χ0v) is 8.06. The van der Waals surface area contributed by atoms with Gasteiger partial charge < -0.3 is 13.9 Å². The largest absolute Gasteiger partial charge is 0.464 e. The third-order valence-electron chi connectivity index (χ3n) is 2.64. The molecule has 3 nitrogen and oxygen atoms in total. The fourth-order valence-electron chi connectivity index (χ4n) is 1.98. The maximum absolute atomic E-state index is 9.04. The van der Waals surface area contributed by atoms with E-state index in [0.717, 1.165) is 27.5 Å². The van der Waals surface area contributed by atoms with E-state index in [1.807, 2.05) is 18.2 Å². The van der Waals surface area contributed by atoms with E-state index < -0.39 is 0 Å². The minimum Gasteiger partial charge on any atom is -0.464 e. The molecule has 0 saturated carbocycles. The van der Waals surface area contributed by atoms with Crippen molar-refractivity contribution < 1.29 is 13.9 Å². The van der Waals surface area contributed by atoms with Gasteiger partial charge >= 0.3 is 0 Å². The minimum absolute atomic E-state index is 0.111. The lowest BCUT2D eigenvalue weighted by atomic mass is 10.0. The molecule has 3 rings (SSSR count). The first-order valence-corrected chi connectivity index (χ1v) is 4.87. The lowest BCUT2D eigenvalue weighted by Gasteiger charge is -2.01. The number of benzene rings is 1. The first-order chi connectivity index (χ1) is 7.40. The second-order valence-corrected chi connectivity index (χ2v) is 3.50. The molecule has 3 heteroatoms. The van der Waals surface area contributed by atoms with E-state index in [-0.39, 0.29) is 6.61 Å². The molecule has 0 unspecified atom stereocenters. The van der Waals surface area contributed by atoms with Crippen LogP contribution in [-0.4, -0.2) is 11.7 Å². The Labute approximate surface area is 85.9 Å². The second-order valence-electron chi connectivity index (χ2n) is 3.50. The zero-order valence-electron chi connectivity index (χ0n) is 8.06. The standard InChI is InChI=1S/C12H10O3/c13-4-1-10-9-3-6-14-11(9)7-8-2-5-15-12(8)10/h2-3,5-7,13H,1,4H2. The van der Waals surface area contributed by atoms with Crippen molar-refractivity contribution in [2.75, 3.05) is 6.61 Å². The van der Waals surface area contributed by atoms with Crippen molar-refractivity contribution in [1.82, 2.24) is 0 Å². The fourth-order valence-corrected chi connectivity index (χ4v) is 1.98. The number of furan rings is 2. The lowest BCUT2D eigenvalue weighted by Crippen LogP contribution is -1.91. The summed E-state index contributed by atoms with van der Waals surface area (Å²) in [5.74, 6) is 0. The van der Waals surface area contributed by atoms with Crippen LogP contribution in [0, 0.1) is 0 Å². The first-order valence-electron chi connectivity index (χ1n) is 4.87. The van der Waals surface area contributed by atoms with Crippen LogP contribution in [0.5, 0.6) is 0 Å². The molecule has 0 aliphatic carbocycles. The molecule has 2 heterocycles. The van der Waals surface area contributed by atoms with Crippen LogP contribution in [0.25, 0.3) is 21.9 Å². The second kappa shape index (κ2) is 3.14. The van der Waals surface area contributed by atoms with Gasteiger partial charge in [-0.25, -0.2) is 0 Å². The number of hydrogen-bond acceptors (Lipinski definition) is 3. The van der Waals surface area contributed by atoms with Crippen LogP contribution in [0.4, 0.5) is 0 Å². The molecule has 0 aliphatic rings. The highest BCUT2D eigenvalue weighted by Gasteiger charge is 2.11. The van der Waals surface area contributed by atoms with Gasteiger partial charge in [0.25, 0.3) is 0 Å². The van der Waals surface area contributed by atoms with Crippen LogP contribution in [-0.2, 0) is 6.42 Å². The van der Waals surface area contributed by atoms with Crippen LogP contribution in [0.2, 0.25) is 0 Å². The monoisotopic (exact) mass is 202 g/mol. The van der Waals surface area contributed by atoms with Crippen molar-refractivity contribution in [3.8, 4) is 0 Å². The highest BCUT2D eigenvalue weighted by molar-refractivity contribution is 5.97. The van der Waals surface area contributed by atoms with Crippen molar-refractivity contribution in [3.05, 3.63) is 36.3 Å². The molecule has 1 N–H and O–H groups in total. The van der Waals surface area contributed by atoms with Gasteiger partial charge in [0, 0.05) is 22.9 Å². The maximum atomic E-state index is 9.04. The molecular formula is C12H10O3. The molecule has 0 radical (unpaired) electrons. The van der Waals surface area contributed by atoms with Gasteiger partial charge in [0.15, 0.2) is 0 Å². The number of aliphatic hydroxyl groups excluding tert-OH is 1. The molecule has 0 fully saturated rings. The van der Waals surface area contributed by atoms with Gasteiger partial charge in [0.05, 0.1) is 12.5 Å². The van der Waals surface area contributed by atoms with Crippen molar-refractivity contribution in [2.24, 2.45) is 0 Å². The number of aliphatic hydroxyl groups is 1. The Kier molecular flexibility index (Phi) is 1.79. The smallest absolute Gasteiger partial charge is 0.137 e. The molecular weight excluding hydrogens is 192 g/mol. The van der Waals surface area contributed by atoms with E-state index in [4.69, 9.17) is 13.9 Å². The molecule has 0 bridgehead atoms. The third-order valence-corrected chi connectivity index (χ3v) is 2.64. The van der Waals surface area contributed by atoms with Gasteiger partial charge in [0.1, 0.15) is 11.2 Å². The Balaban J connectivity index is 2.45. The lowest BCUT2D eigenvalue weighted by molar-refractivity contribution is 0.300. The van der Waals surface area contributed by atoms with Crippen molar-refractivity contribution in [2.45, 2.75) is 6.42 Å². The highest BCUT2D eigenvalue weighted by atomic mass is 16.3. The Morgan fingerprint density at radius 3 is 2.87 bits per heavy atom. The SMILES string of the molecule is OCCc1c2ccoc2cc2ccoc12. The molecule has 0 spiro atoms. The molecule has 0 saturated heterocycles. The van der Waals surface area contributed by atoms with Crippen LogP contribution < -0.4 is 0 Å². The van der Waals surface area contributed by atoms with Gasteiger partial charge in [-0.15, -0.1) is 0 Å². The predicted octanol–water partition coefficient (Wildman–Crippen LogP) is 2.71. The molecule has 76 valence electrons. The Morgan fingerprint density at radius 1 is 1.13 bits per heavy atom. The topological polar surface area (TPSA) is 46.5 Å². The van der Waals surface area contributed by atoms with Crippen LogP contribution >= 0.6 is 0 Å². The van der Waals surface area contributed by atoms with Crippen molar-refractivity contribution >= 4 is 21.9 Å². The summed E-state index contributed by atoms with van der Waals surface area (Å²) in [4.78, 5) is 0. The van der Waals surface area contributed by atoms with Gasteiger partial charge in [-0.1, -0.05) is 0 Å². The van der Waals surface area contributed by atoms with E-state index in [1.54, 1.807) is 12.5 Å². The van der Waals surface area contributed by atoms with E-state index in [2.05, 4.69) is 0 Å². The molecule has 15 heavy (non-hydrogen) atoms. The Bertz CT molecular complexity index is 555. The highest BCUT2D eigenvalue weighted by Crippen LogP contribution is 2.30. The van der Waals surface area contributed by atoms with Crippen LogP contribution in [0.3, 0.4) is 0 Å². The Morgan fingerprint density at radius 2 is 2.00 bits per heavy atom. The summed E-state index contributed by atoms with van der Waals surface area (Å²) in [6.07, 6.45) is 3.90. The van der Waals surface area contributed by atoms with Gasteiger partial charge in [-0.05, 0) is 24.6 Å². The van der Waals surface area contributed by atoms with Gasteiger partial charge in [-0.2, -0.15) is 0 Å². The average Bonchev–Trinajstić information content (AvgIpc) is 2.84. The fraction of sp³-hybridized carbons (Fsp3) is 0.167. The van der Waals surface area contributed by atoms with Crippen LogP contribution in [0.15, 0.2) is 39.6 Å². The molecule has 2 aromatic heterocycles. The normalized spacial score (nSPS) is 11.5. The average molecular weight is 202 g/mol. The zero-order chi connectivity index (χ0) is 10.3. The quantitative estimate of drug-likeness (QED) is 0.695. The summed E-state index contributed by atoms with van der Waals surface area (Å²) in [6.45, 7) is 0.111. The summed E-state index contributed by atoms with van der Waals surface area (Å²) in [5.41, 5.74) is 2.70. The number of rotatable bonds is 2. The Hall–Kier alpha value is -1.74. The summed E-state index contributed by atoms with van der Waals surface area (Å²) < 4.78 is 10.8. The molecule has 0 amide bonds. The summed E-state index contributed by atoms with van der Waals surface area (Å²) in [7, 11) is 0. The third kappa shape index (κ3) is 1.17. The summed E-state index contributed by atoms with van der Waals surface area (Å²) >= 11 is 0. The first kappa shape index (κ1) is 8.56. The number of fused-ring (bicyclic) bond motifs is 2. The molecule has 0 atom stereocenters. The summed E-state index contributed by atoms with van der Waals surface area (Å²) in [5, 5.41) is 11.1. The summed E-state index contributed by atoms with van der Waals surface area (Å²) in [6, 6.07) is 5.76. The van der Waals surface area contributed by atoms with Gasteiger partial charge in [-0.3, -0.25) is 0 Å². The predicted molar refractivity (Wildman–Crippen MR) is 56.8 cm³/mol. The van der Waals surface area contributed by atoms with E-state index in [1.165, 1.54) is 0 Å². The molecule has 3 aromatic rings. The van der Waals surface area contributed by atoms with Gasteiger partial charge in [0.2, 0.25) is 0 Å². The van der Waals surface area contributed by atoms with Crippen molar-refractivity contribution in [1.29, 1.82) is 0 Å². The van der Waals surface area contributed by atoms with E-state index in [9.17, 15) is 0 Å². The van der Waals surface area contributed by atoms with E-state index in [0.29, 0.717) is 6.42 Å². The molecule has 0 aliphatic heterocycles. The minimum atomic E-state index is 0.111. The number of hydrogen-bond donors (Lipinski definition) is 1.